The molecule has 176 valence electrons. The molecule has 0 saturated heterocycles. The number of sulfonamides is 2. The van der Waals surface area contributed by atoms with Crippen LogP contribution < -0.4 is 14.2 Å². The molecule has 0 heterocycles. The number of nitrogens with one attached hydrogen (secondary N) is 2. The summed E-state index contributed by atoms with van der Waals surface area (Å²) >= 11 is 6.00. The molecule has 13 heteroatoms. The summed E-state index contributed by atoms with van der Waals surface area (Å²) in [5.74, 6) is -0.571. The highest BCUT2D eigenvalue weighted by Gasteiger charge is 2.31. The number of anilines is 2. The highest BCUT2D eigenvalue weighted by Crippen LogP contribution is 2.27. The Balaban J connectivity index is 1.75. The summed E-state index contributed by atoms with van der Waals surface area (Å²) in [6.07, 6.45) is -4.90. The van der Waals surface area contributed by atoms with E-state index in [0.717, 1.165) is 24.3 Å². The molecule has 0 aliphatic rings. The minimum Gasteiger partial charge on any atom is -0.406 e. The first kappa shape index (κ1) is 24.7. The normalized spacial score (nSPS) is 12.3. The predicted molar refractivity (Wildman–Crippen MR) is 117 cm³/mol. The average Bonchev–Trinajstić information content (AvgIpc) is 2.71. The molecule has 0 amide bonds. The zero-order valence-corrected chi connectivity index (χ0v) is 19.1. The van der Waals surface area contributed by atoms with Gasteiger partial charge in [-0.05, 0) is 73.2 Å². The van der Waals surface area contributed by atoms with Crippen LogP contribution in [0.5, 0.6) is 5.75 Å². The van der Waals surface area contributed by atoms with Gasteiger partial charge in [0.05, 0.1) is 15.5 Å². The largest absolute Gasteiger partial charge is 0.573 e. The van der Waals surface area contributed by atoms with Crippen LogP contribution in [0.15, 0.2) is 76.5 Å². The van der Waals surface area contributed by atoms with Crippen LogP contribution in [0.25, 0.3) is 0 Å². The smallest absolute Gasteiger partial charge is 0.406 e. The zero-order chi connectivity index (χ0) is 24.4. The van der Waals surface area contributed by atoms with Crippen LogP contribution >= 0.6 is 11.6 Å². The molecule has 0 saturated carbocycles. The standard InChI is InChI=1S/C20H16ClF3N2O5S2/c1-13-18(21)3-2-4-19(13)26-33(29,30)16-9-5-14(6-10-16)25-32(27,28)17-11-7-15(8-12-17)31-20(22,23)24/h2-12,25-26H,1H3. The van der Waals surface area contributed by atoms with E-state index in [9.17, 15) is 30.0 Å². The van der Waals surface area contributed by atoms with Crippen LogP contribution in [0.2, 0.25) is 5.02 Å². The Morgan fingerprint density at radius 1 is 0.788 bits per heavy atom. The number of rotatable bonds is 7. The van der Waals surface area contributed by atoms with E-state index in [1.54, 1.807) is 25.1 Å². The van der Waals surface area contributed by atoms with Gasteiger partial charge in [0.1, 0.15) is 5.75 Å². The van der Waals surface area contributed by atoms with Crippen molar-refractivity contribution in [1.29, 1.82) is 0 Å². The van der Waals surface area contributed by atoms with Gasteiger partial charge in [0, 0.05) is 10.7 Å². The summed E-state index contributed by atoms with van der Waals surface area (Å²) in [6, 6.07) is 13.2. The summed E-state index contributed by atoms with van der Waals surface area (Å²) in [4.78, 5) is -0.440. The van der Waals surface area contributed by atoms with Crippen molar-refractivity contribution in [2.75, 3.05) is 9.44 Å². The third kappa shape index (κ3) is 6.30. The van der Waals surface area contributed by atoms with Crippen molar-refractivity contribution in [3.8, 4) is 5.75 Å². The van der Waals surface area contributed by atoms with E-state index in [1.807, 2.05) is 0 Å². The Morgan fingerprint density at radius 3 is 1.85 bits per heavy atom. The second-order valence-corrected chi connectivity index (χ2v) is 10.4. The second kappa shape index (κ2) is 9.12. The van der Waals surface area contributed by atoms with E-state index in [-0.39, 0.29) is 15.5 Å². The summed E-state index contributed by atoms with van der Waals surface area (Å²) in [7, 11) is -8.12. The van der Waals surface area contributed by atoms with Crippen molar-refractivity contribution in [1.82, 2.24) is 0 Å². The van der Waals surface area contributed by atoms with Crippen molar-refractivity contribution >= 4 is 43.0 Å². The van der Waals surface area contributed by atoms with Crippen LogP contribution in [0, 0.1) is 6.92 Å². The first-order valence-corrected chi connectivity index (χ1v) is 12.4. The fourth-order valence-electron chi connectivity index (χ4n) is 2.66. The van der Waals surface area contributed by atoms with Crippen LogP contribution in [0.1, 0.15) is 5.56 Å². The molecule has 0 fully saturated rings. The van der Waals surface area contributed by atoms with Gasteiger partial charge in [-0.15, -0.1) is 13.2 Å². The van der Waals surface area contributed by atoms with Gasteiger partial charge in [-0.25, -0.2) is 16.8 Å². The molecule has 7 nitrogen and oxygen atoms in total. The number of benzene rings is 3. The maximum absolute atomic E-state index is 12.6. The van der Waals surface area contributed by atoms with Gasteiger partial charge < -0.3 is 4.74 Å². The molecule has 0 bridgehead atoms. The molecule has 0 aliphatic heterocycles. The summed E-state index contributed by atoms with van der Waals surface area (Å²) in [6.45, 7) is 1.65. The molecule has 3 aromatic carbocycles. The molecule has 3 aromatic rings. The number of alkyl halides is 3. The quantitative estimate of drug-likeness (QED) is 0.449. The number of hydrogen-bond acceptors (Lipinski definition) is 5. The lowest BCUT2D eigenvalue weighted by atomic mass is 10.2. The van der Waals surface area contributed by atoms with E-state index < -0.39 is 32.2 Å². The van der Waals surface area contributed by atoms with Gasteiger partial charge in [0.25, 0.3) is 20.0 Å². The van der Waals surface area contributed by atoms with Crippen molar-refractivity contribution in [2.24, 2.45) is 0 Å². The van der Waals surface area contributed by atoms with Crippen molar-refractivity contribution in [3.05, 3.63) is 77.3 Å². The third-order valence-electron chi connectivity index (χ3n) is 4.30. The predicted octanol–water partition coefficient (Wildman–Crippen LogP) is 5.15. The fourth-order valence-corrected chi connectivity index (χ4v) is 5.01. The average molecular weight is 521 g/mol. The minimum atomic E-state index is -4.90. The Hall–Kier alpha value is -2.96. The Morgan fingerprint density at radius 2 is 1.30 bits per heavy atom. The van der Waals surface area contributed by atoms with Gasteiger partial charge in [-0.2, -0.15) is 0 Å². The van der Waals surface area contributed by atoms with Crippen molar-refractivity contribution < 1.29 is 34.7 Å². The first-order chi connectivity index (χ1) is 15.3. The zero-order valence-electron chi connectivity index (χ0n) is 16.7. The maximum Gasteiger partial charge on any atom is 0.573 e. The lowest BCUT2D eigenvalue weighted by molar-refractivity contribution is -0.274. The molecular formula is C20H16ClF3N2O5S2. The van der Waals surface area contributed by atoms with Crippen LogP contribution in [-0.4, -0.2) is 23.2 Å². The van der Waals surface area contributed by atoms with Crippen LogP contribution in [-0.2, 0) is 20.0 Å². The van der Waals surface area contributed by atoms with Crippen LogP contribution in [0.3, 0.4) is 0 Å². The monoisotopic (exact) mass is 520 g/mol. The molecule has 0 radical (unpaired) electrons. The second-order valence-electron chi connectivity index (χ2n) is 6.67. The number of ether oxygens (including phenoxy) is 1. The third-order valence-corrected chi connectivity index (χ3v) is 7.48. The number of hydrogen-bond donors (Lipinski definition) is 2. The topological polar surface area (TPSA) is 102 Å². The first-order valence-electron chi connectivity index (χ1n) is 9.03. The van der Waals surface area contributed by atoms with Crippen molar-refractivity contribution in [2.45, 2.75) is 23.1 Å². The molecule has 0 aliphatic carbocycles. The van der Waals surface area contributed by atoms with Gasteiger partial charge in [0.15, 0.2) is 0 Å². The van der Waals surface area contributed by atoms with E-state index in [1.165, 1.54) is 24.3 Å². The Kier molecular flexibility index (Phi) is 6.82. The fraction of sp³-hybridized carbons (Fsp3) is 0.100. The van der Waals surface area contributed by atoms with Gasteiger partial charge in [0.2, 0.25) is 0 Å². The molecule has 0 spiro atoms. The van der Waals surface area contributed by atoms with Crippen molar-refractivity contribution in [3.63, 3.8) is 0 Å². The van der Waals surface area contributed by atoms with E-state index in [0.29, 0.717) is 16.3 Å². The minimum absolute atomic E-state index is 0.0449. The Labute approximate surface area is 193 Å². The molecule has 33 heavy (non-hydrogen) atoms. The summed E-state index contributed by atoms with van der Waals surface area (Å²) in [5, 5.41) is 0.387. The maximum atomic E-state index is 12.6. The van der Waals surface area contributed by atoms with E-state index in [2.05, 4.69) is 14.2 Å². The Bertz CT molecular complexity index is 1360. The molecule has 3 rings (SSSR count). The molecular weight excluding hydrogens is 505 g/mol. The summed E-state index contributed by atoms with van der Waals surface area (Å²) < 4.78 is 95.2. The van der Waals surface area contributed by atoms with Crippen LogP contribution in [0.4, 0.5) is 24.5 Å². The lowest BCUT2D eigenvalue weighted by Gasteiger charge is -2.13. The molecule has 0 aromatic heterocycles. The van der Waals surface area contributed by atoms with Gasteiger partial charge >= 0.3 is 6.36 Å². The number of halogens is 4. The highest BCUT2D eigenvalue weighted by molar-refractivity contribution is 7.93. The molecule has 2 N–H and O–H groups in total. The highest BCUT2D eigenvalue weighted by atomic mass is 35.5. The van der Waals surface area contributed by atoms with Gasteiger partial charge in [-0.3, -0.25) is 9.44 Å². The molecule has 0 atom stereocenters. The SMILES string of the molecule is Cc1c(Cl)cccc1NS(=O)(=O)c1ccc(NS(=O)(=O)c2ccc(OC(F)(F)F)cc2)cc1. The lowest BCUT2D eigenvalue weighted by Crippen LogP contribution is -2.17. The van der Waals surface area contributed by atoms with E-state index in [4.69, 9.17) is 11.6 Å². The van der Waals surface area contributed by atoms with Gasteiger partial charge in [-0.1, -0.05) is 17.7 Å². The molecule has 0 unspecified atom stereocenters. The summed E-state index contributed by atoms with van der Waals surface area (Å²) in [5.41, 5.74) is 0.882. The van der Waals surface area contributed by atoms with E-state index >= 15 is 0 Å².